The second-order valence-electron chi connectivity index (χ2n) is 4.98. The summed E-state index contributed by atoms with van der Waals surface area (Å²) in [6.45, 7) is 2.58. The molecule has 2 rings (SSSR count). The van der Waals surface area contributed by atoms with Gasteiger partial charge in [-0.25, -0.2) is 0 Å². The van der Waals surface area contributed by atoms with Crippen molar-refractivity contribution in [2.24, 2.45) is 0 Å². The zero-order valence-electron chi connectivity index (χ0n) is 10.8. The topological polar surface area (TPSA) is 41.3 Å². The number of hydrogen-bond acceptors (Lipinski definition) is 4. The van der Waals surface area contributed by atoms with E-state index in [1.165, 1.54) is 4.90 Å². The summed E-state index contributed by atoms with van der Waals surface area (Å²) in [5, 5.41) is 7.08. The highest BCUT2D eigenvalue weighted by Crippen LogP contribution is 2.19. The second kappa shape index (κ2) is 5.92. The first-order chi connectivity index (χ1) is 8.92. The van der Waals surface area contributed by atoms with Crippen LogP contribution in [0.15, 0.2) is 10.6 Å². The Hall–Kier alpha value is -1.08. The molecule has 0 atom stereocenters. The number of nitrogens with zero attached hydrogens (tertiary/aromatic N) is 2. The summed E-state index contributed by atoms with van der Waals surface area (Å²) >= 11 is 0. The summed E-state index contributed by atoms with van der Waals surface area (Å²) in [4.78, 5) is 1.46. The highest BCUT2D eigenvalue weighted by Gasteiger charge is 2.32. The fourth-order valence-corrected chi connectivity index (χ4v) is 2.29. The van der Waals surface area contributed by atoms with Gasteiger partial charge in [0.2, 0.25) is 0 Å². The molecule has 1 N–H and O–H groups in total. The predicted molar refractivity (Wildman–Crippen MR) is 63.6 cm³/mol. The van der Waals surface area contributed by atoms with Crippen molar-refractivity contribution in [3.8, 4) is 0 Å². The van der Waals surface area contributed by atoms with Crippen molar-refractivity contribution in [1.29, 1.82) is 0 Å². The van der Waals surface area contributed by atoms with Crippen molar-refractivity contribution in [1.82, 2.24) is 15.4 Å². The number of hydrogen-bond donors (Lipinski definition) is 1. The fraction of sp³-hybridized carbons (Fsp3) is 0.750. The van der Waals surface area contributed by atoms with Crippen LogP contribution in [0.2, 0.25) is 0 Å². The molecule has 1 saturated heterocycles. The Bertz CT molecular complexity index is 397. The average Bonchev–Trinajstić information content (AvgIpc) is 2.72. The maximum Gasteiger partial charge on any atom is 0.401 e. The van der Waals surface area contributed by atoms with Gasteiger partial charge in [-0.3, -0.25) is 4.90 Å². The Kier molecular flexibility index (Phi) is 4.46. The minimum Gasteiger partial charge on any atom is -0.360 e. The van der Waals surface area contributed by atoms with Gasteiger partial charge in [0.1, 0.15) is 0 Å². The zero-order chi connectivity index (χ0) is 13.9. The Morgan fingerprint density at radius 1 is 1.42 bits per heavy atom. The molecule has 1 aliphatic heterocycles. The number of nitrogens with one attached hydrogen (secondary N) is 1. The number of aromatic nitrogens is 1. The standard InChI is InChI=1S/C12H18F3N3O/c1-9-6-11(19-17-9)7-16-10-2-4-18(5-3-10)8-12(13,14)15/h6,10,16H,2-5,7-8H2,1H3. The molecular formula is C12H18F3N3O. The highest BCUT2D eigenvalue weighted by molar-refractivity contribution is 5.02. The lowest BCUT2D eigenvalue weighted by atomic mass is 10.1. The minimum atomic E-state index is -4.10. The second-order valence-corrected chi connectivity index (χ2v) is 4.98. The molecule has 1 aromatic rings. The maximum absolute atomic E-state index is 12.2. The van der Waals surface area contributed by atoms with E-state index in [1.54, 1.807) is 0 Å². The van der Waals surface area contributed by atoms with Gasteiger partial charge >= 0.3 is 6.18 Å². The first-order valence-electron chi connectivity index (χ1n) is 6.37. The van der Waals surface area contributed by atoms with Crippen molar-refractivity contribution in [2.75, 3.05) is 19.6 Å². The molecule has 0 saturated carbocycles. The van der Waals surface area contributed by atoms with Crippen LogP contribution in [0.1, 0.15) is 24.3 Å². The average molecular weight is 277 g/mol. The van der Waals surface area contributed by atoms with E-state index in [1.807, 2.05) is 13.0 Å². The van der Waals surface area contributed by atoms with Crippen molar-refractivity contribution in [2.45, 2.75) is 38.5 Å². The summed E-state index contributed by atoms with van der Waals surface area (Å²) in [5.74, 6) is 0.759. The normalized spacial score (nSPS) is 18.9. The van der Waals surface area contributed by atoms with Gasteiger partial charge in [-0.1, -0.05) is 5.16 Å². The summed E-state index contributed by atoms with van der Waals surface area (Å²) < 4.78 is 41.8. The van der Waals surface area contributed by atoms with Crippen LogP contribution in [-0.4, -0.2) is 41.9 Å². The molecule has 0 bridgehead atoms. The molecule has 1 fully saturated rings. The third kappa shape index (κ3) is 4.83. The van der Waals surface area contributed by atoms with Crippen LogP contribution in [0.3, 0.4) is 0 Å². The van der Waals surface area contributed by atoms with E-state index in [0.717, 1.165) is 24.3 Å². The number of aryl methyl sites for hydroxylation is 1. The first-order valence-corrected chi connectivity index (χ1v) is 6.37. The molecule has 4 nitrogen and oxygen atoms in total. The number of rotatable bonds is 4. The van der Waals surface area contributed by atoms with Crippen LogP contribution in [0, 0.1) is 6.92 Å². The lowest BCUT2D eigenvalue weighted by molar-refractivity contribution is -0.148. The van der Waals surface area contributed by atoms with E-state index in [9.17, 15) is 13.2 Å². The molecule has 0 aliphatic carbocycles. The predicted octanol–water partition coefficient (Wildman–Crippen LogP) is 2.10. The van der Waals surface area contributed by atoms with E-state index < -0.39 is 12.7 Å². The number of halogens is 3. The Morgan fingerprint density at radius 3 is 2.63 bits per heavy atom. The molecule has 1 aromatic heterocycles. The van der Waals surface area contributed by atoms with Gasteiger partial charge in [-0.15, -0.1) is 0 Å². The van der Waals surface area contributed by atoms with Crippen molar-refractivity contribution in [3.05, 3.63) is 17.5 Å². The van der Waals surface area contributed by atoms with Gasteiger partial charge in [0.25, 0.3) is 0 Å². The maximum atomic E-state index is 12.2. The van der Waals surface area contributed by atoms with E-state index in [-0.39, 0.29) is 6.04 Å². The lowest BCUT2D eigenvalue weighted by Crippen LogP contribution is -2.45. The Labute approximate surface area is 109 Å². The van der Waals surface area contributed by atoms with E-state index >= 15 is 0 Å². The zero-order valence-corrected chi connectivity index (χ0v) is 10.8. The van der Waals surface area contributed by atoms with Crippen LogP contribution in [0.5, 0.6) is 0 Å². The van der Waals surface area contributed by atoms with Crippen LogP contribution >= 0.6 is 0 Å². The van der Waals surface area contributed by atoms with Gasteiger partial charge in [0.15, 0.2) is 5.76 Å². The van der Waals surface area contributed by atoms with Crippen molar-refractivity contribution < 1.29 is 17.7 Å². The molecule has 1 aliphatic rings. The highest BCUT2D eigenvalue weighted by atomic mass is 19.4. The molecule has 0 unspecified atom stereocenters. The SMILES string of the molecule is Cc1cc(CNC2CCN(CC(F)(F)F)CC2)on1. The Morgan fingerprint density at radius 2 is 2.11 bits per heavy atom. The molecule has 108 valence electrons. The molecule has 19 heavy (non-hydrogen) atoms. The third-order valence-electron chi connectivity index (χ3n) is 3.23. The van der Waals surface area contributed by atoms with E-state index in [2.05, 4.69) is 10.5 Å². The van der Waals surface area contributed by atoms with Gasteiger partial charge in [0, 0.05) is 12.1 Å². The summed E-state index contributed by atoms with van der Waals surface area (Å²) in [5.41, 5.74) is 0.830. The summed E-state index contributed by atoms with van der Waals surface area (Å²) in [6, 6.07) is 2.10. The van der Waals surface area contributed by atoms with Crippen LogP contribution in [0.4, 0.5) is 13.2 Å². The molecule has 7 heteroatoms. The number of piperidine rings is 1. The summed E-state index contributed by atoms with van der Waals surface area (Å²) in [6.07, 6.45) is -2.65. The lowest BCUT2D eigenvalue weighted by Gasteiger charge is -2.32. The van der Waals surface area contributed by atoms with Gasteiger partial charge < -0.3 is 9.84 Å². The minimum absolute atomic E-state index is 0.245. The first kappa shape index (κ1) is 14.3. The molecule has 0 amide bonds. The van der Waals surface area contributed by atoms with Gasteiger partial charge in [-0.2, -0.15) is 13.2 Å². The van der Waals surface area contributed by atoms with Gasteiger partial charge in [0.05, 0.1) is 18.8 Å². The summed E-state index contributed by atoms with van der Waals surface area (Å²) in [7, 11) is 0. The van der Waals surface area contributed by atoms with Crippen LogP contribution < -0.4 is 5.32 Å². The number of alkyl halides is 3. The van der Waals surface area contributed by atoms with Gasteiger partial charge in [-0.05, 0) is 32.9 Å². The fourth-order valence-electron chi connectivity index (χ4n) is 2.29. The van der Waals surface area contributed by atoms with E-state index in [4.69, 9.17) is 4.52 Å². The van der Waals surface area contributed by atoms with Crippen molar-refractivity contribution >= 4 is 0 Å². The van der Waals surface area contributed by atoms with Crippen LogP contribution in [0.25, 0.3) is 0 Å². The monoisotopic (exact) mass is 277 g/mol. The largest absolute Gasteiger partial charge is 0.401 e. The molecule has 2 heterocycles. The number of likely N-dealkylation sites (tertiary alicyclic amines) is 1. The smallest absolute Gasteiger partial charge is 0.360 e. The van der Waals surface area contributed by atoms with E-state index in [0.29, 0.717) is 19.6 Å². The molecule has 0 radical (unpaired) electrons. The quantitative estimate of drug-likeness (QED) is 0.915. The van der Waals surface area contributed by atoms with Crippen molar-refractivity contribution in [3.63, 3.8) is 0 Å². The molecule has 0 aromatic carbocycles. The molecular weight excluding hydrogens is 259 g/mol. The van der Waals surface area contributed by atoms with Crippen LogP contribution in [-0.2, 0) is 6.54 Å². The Balaban J connectivity index is 1.69. The molecule has 0 spiro atoms. The third-order valence-corrected chi connectivity index (χ3v) is 3.23.